The first-order chi connectivity index (χ1) is 13.1. The molecule has 2 aliphatic rings. The fraction of sp³-hybridized carbons (Fsp3) is 0.500. The minimum absolute atomic E-state index is 0.0790. The van der Waals surface area contributed by atoms with Crippen LogP contribution < -0.4 is 10.2 Å². The first kappa shape index (κ1) is 17.7. The van der Waals surface area contributed by atoms with E-state index in [-0.39, 0.29) is 18.0 Å². The van der Waals surface area contributed by atoms with Gasteiger partial charge in [0.05, 0.1) is 17.3 Å². The summed E-state index contributed by atoms with van der Waals surface area (Å²) >= 11 is 0. The number of nitrogens with one attached hydrogen (secondary N) is 1. The molecule has 4 rings (SSSR count). The van der Waals surface area contributed by atoms with Gasteiger partial charge < -0.3 is 15.1 Å². The number of likely N-dealkylation sites (tertiary alicyclic amines) is 1. The second-order valence-electron chi connectivity index (χ2n) is 7.71. The maximum absolute atomic E-state index is 12.3. The number of hydrogen-bond donors (Lipinski definition) is 1. The van der Waals surface area contributed by atoms with Crippen molar-refractivity contribution < 1.29 is 4.79 Å². The van der Waals surface area contributed by atoms with Crippen molar-refractivity contribution in [3.05, 3.63) is 30.1 Å². The summed E-state index contributed by atoms with van der Waals surface area (Å²) in [5, 5.41) is 12.9. The van der Waals surface area contributed by atoms with E-state index in [9.17, 15) is 10.1 Å². The Balaban J connectivity index is 1.60. The minimum atomic E-state index is -0.0790. The van der Waals surface area contributed by atoms with Crippen LogP contribution >= 0.6 is 0 Å². The van der Waals surface area contributed by atoms with Crippen molar-refractivity contribution in [3.8, 4) is 6.07 Å². The highest BCUT2D eigenvalue weighted by Gasteiger charge is 2.33. The molecule has 1 aromatic carbocycles. The number of carbonyl (C=O) groups is 1. The summed E-state index contributed by atoms with van der Waals surface area (Å²) in [5.41, 5.74) is 2.96. The lowest BCUT2D eigenvalue weighted by Gasteiger charge is -2.39. The normalized spacial score (nSPS) is 25.8. The topological polar surface area (TPSA) is 85.2 Å². The molecule has 2 aromatic rings. The van der Waals surface area contributed by atoms with Gasteiger partial charge in [-0.2, -0.15) is 5.26 Å². The van der Waals surface area contributed by atoms with Crippen LogP contribution in [0.25, 0.3) is 11.0 Å². The number of hydrogen-bond acceptors (Lipinski definition) is 6. The van der Waals surface area contributed by atoms with Crippen LogP contribution in [-0.2, 0) is 4.79 Å². The van der Waals surface area contributed by atoms with Crippen molar-refractivity contribution in [2.24, 2.45) is 5.92 Å². The molecule has 1 aromatic heterocycles. The number of likely N-dealkylation sites (N-methyl/N-ethyl adjacent to an activating group) is 1. The molecule has 0 saturated carbocycles. The lowest BCUT2D eigenvalue weighted by Crippen LogP contribution is -2.53. The van der Waals surface area contributed by atoms with Gasteiger partial charge in [0.1, 0.15) is 17.1 Å². The molecule has 0 spiro atoms. The zero-order valence-corrected chi connectivity index (χ0v) is 15.7. The SMILES string of the molecule is C[C@H]1C[C@@H](N[C@H]2CCN(C)C2=O)CN(c2ccc(C#N)c3nccnc23)C1. The highest BCUT2D eigenvalue weighted by atomic mass is 16.2. The van der Waals surface area contributed by atoms with Gasteiger partial charge in [-0.25, -0.2) is 0 Å². The molecule has 27 heavy (non-hydrogen) atoms. The molecule has 3 atom stereocenters. The summed E-state index contributed by atoms with van der Waals surface area (Å²) in [5.74, 6) is 0.683. The van der Waals surface area contributed by atoms with E-state index in [4.69, 9.17) is 0 Å². The number of aromatic nitrogens is 2. The summed E-state index contributed by atoms with van der Waals surface area (Å²) in [6.07, 6.45) is 5.21. The average molecular weight is 364 g/mol. The van der Waals surface area contributed by atoms with Gasteiger partial charge in [-0.15, -0.1) is 0 Å². The summed E-state index contributed by atoms with van der Waals surface area (Å²) in [4.78, 5) is 25.2. The van der Waals surface area contributed by atoms with Crippen molar-refractivity contribution in [2.75, 3.05) is 31.6 Å². The fourth-order valence-corrected chi connectivity index (χ4v) is 4.32. The Labute approximate surface area is 159 Å². The quantitative estimate of drug-likeness (QED) is 0.889. The number of carbonyl (C=O) groups excluding carboxylic acids is 1. The number of rotatable bonds is 3. The van der Waals surface area contributed by atoms with Gasteiger partial charge in [-0.05, 0) is 30.9 Å². The Kier molecular flexibility index (Phi) is 4.66. The first-order valence-electron chi connectivity index (χ1n) is 9.46. The van der Waals surface area contributed by atoms with Crippen molar-refractivity contribution in [1.29, 1.82) is 5.26 Å². The molecule has 0 radical (unpaired) electrons. The molecule has 1 N–H and O–H groups in total. The van der Waals surface area contributed by atoms with Gasteiger partial charge >= 0.3 is 0 Å². The van der Waals surface area contributed by atoms with Crippen LogP contribution in [0.4, 0.5) is 5.69 Å². The van der Waals surface area contributed by atoms with Crippen molar-refractivity contribution in [3.63, 3.8) is 0 Å². The highest BCUT2D eigenvalue weighted by Crippen LogP contribution is 2.30. The molecule has 0 bridgehead atoms. The van der Waals surface area contributed by atoms with Crippen LogP contribution in [0.15, 0.2) is 24.5 Å². The highest BCUT2D eigenvalue weighted by molar-refractivity contribution is 5.92. The van der Waals surface area contributed by atoms with Crippen LogP contribution in [0.1, 0.15) is 25.3 Å². The van der Waals surface area contributed by atoms with E-state index in [0.717, 1.165) is 43.7 Å². The molecule has 3 heterocycles. The standard InChI is InChI=1S/C20H24N6O/c1-13-9-15(24-16-5-8-25(2)20(16)27)12-26(11-13)17-4-3-14(10-21)18-19(17)23-7-6-22-18/h3-4,6-7,13,15-16,24H,5,8-9,11-12H2,1-2H3/t13-,15+,16-/m0/s1. The summed E-state index contributed by atoms with van der Waals surface area (Å²) < 4.78 is 0. The predicted molar refractivity (Wildman–Crippen MR) is 103 cm³/mol. The molecule has 7 heteroatoms. The smallest absolute Gasteiger partial charge is 0.239 e. The van der Waals surface area contributed by atoms with E-state index < -0.39 is 0 Å². The monoisotopic (exact) mass is 364 g/mol. The van der Waals surface area contributed by atoms with Gasteiger partial charge in [0.15, 0.2) is 0 Å². The number of piperidine rings is 1. The number of benzene rings is 1. The van der Waals surface area contributed by atoms with Crippen LogP contribution in [-0.4, -0.2) is 59.5 Å². The molecule has 0 unspecified atom stereocenters. The molecular weight excluding hydrogens is 340 g/mol. The molecular formula is C20H24N6O. The molecule has 7 nitrogen and oxygen atoms in total. The Morgan fingerprint density at radius 3 is 2.70 bits per heavy atom. The number of amides is 1. The summed E-state index contributed by atoms with van der Waals surface area (Å²) in [6.45, 7) is 4.79. The second-order valence-corrected chi connectivity index (χ2v) is 7.71. The third kappa shape index (κ3) is 3.33. The number of nitrogens with zero attached hydrogens (tertiary/aromatic N) is 5. The Morgan fingerprint density at radius 2 is 2.00 bits per heavy atom. The third-order valence-electron chi connectivity index (χ3n) is 5.59. The summed E-state index contributed by atoms with van der Waals surface area (Å²) in [7, 11) is 1.86. The van der Waals surface area contributed by atoms with E-state index in [0.29, 0.717) is 17.0 Å². The van der Waals surface area contributed by atoms with Gasteiger partial charge in [-0.3, -0.25) is 14.8 Å². The minimum Gasteiger partial charge on any atom is -0.368 e. The maximum Gasteiger partial charge on any atom is 0.239 e. The lowest BCUT2D eigenvalue weighted by atomic mass is 9.94. The predicted octanol–water partition coefficient (Wildman–Crippen LogP) is 1.54. The van der Waals surface area contributed by atoms with E-state index in [2.05, 4.69) is 33.2 Å². The molecule has 140 valence electrons. The Morgan fingerprint density at radius 1 is 1.22 bits per heavy atom. The molecule has 2 fully saturated rings. The maximum atomic E-state index is 12.3. The van der Waals surface area contributed by atoms with Gasteiger partial charge in [-0.1, -0.05) is 6.92 Å². The zero-order chi connectivity index (χ0) is 19.0. The summed E-state index contributed by atoms with van der Waals surface area (Å²) in [6, 6.07) is 6.16. The molecule has 0 aliphatic carbocycles. The van der Waals surface area contributed by atoms with E-state index in [1.165, 1.54) is 0 Å². The van der Waals surface area contributed by atoms with Gasteiger partial charge in [0.2, 0.25) is 5.91 Å². The molecule has 2 aliphatic heterocycles. The first-order valence-corrected chi connectivity index (χ1v) is 9.46. The Hall–Kier alpha value is -2.72. The van der Waals surface area contributed by atoms with Crippen molar-refractivity contribution >= 4 is 22.6 Å². The van der Waals surface area contributed by atoms with E-state index in [1.54, 1.807) is 17.3 Å². The zero-order valence-electron chi connectivity index (χ0n) is 15.7. The molecule has 1 amide bonds. The van der Waals surface area contributed by atoms with E-state index >= 15 is 0 Å². The van der Waals surface area contributed by atoms with Crippen LogP contribution in [0.2, 0.25) is 0 Å². The van der Waals surface area contributed by atoms with E-state index in [1.807, 2.05) is 19.2 Å². The van der Waals surface area contributed by atoms with Crippen LogP contribution in [0, 0.1) is 17.2 Å². The number of nitriles is 1. The third-order valence-corrected chi connectivity index (χ3v) is 5.59. The number of anilines is 1. The Bertz CT molecular complexity index is 907. The largest absolute Gasteiger partial charge is 0.368 e. The van der Waals surface area contributed by atoms with Crippen molar-refractivity contribution in [1.82, 2.24) is 20.2 Å². The fourth-order valence-electron chi connectivity index (χ4n) is 4.32. The molecule has 2 saturated heterocycles. The second kappa shape index (κ2) is 7.12. The van der Waals surface area contributed by atoms with Crippen LogP contribution in [0.3, 0.4) is 0 Å². The van der Waals surface area contributed by atoms with Gasteiger partial charge in [0, 0.05) is 45.1 Å². The van der Waals surface area contributed by atoms with Crippen molar-refractivity contribution in [2.45, 2.75) is 31.8 Å². The average Bonchev–Trinajstić information content (AvgIpc) is 2.98. The lowest BCUT2D eigenvalue weighted by molar-refractivity contribution is -0.128. The van der Waals surface area contributed by atoms with Gasteiger partial charge in [0.25, 0.3) is 0 Å². The van der Waals surface area contributed by atoms with Crippen LogP contribution in [0.5, 0.6) is 0 Å². The number of fused-ring (bicyclic) bond motifs is 1.